The fourth-order valence-corrected chi connectivity index (χ4v) is 2.53. The minimum absolute atomic E-state index is 0.0319. The highest BCUT2D eigenvalue weighted by Crippen LogP contribution is 2.15. The molecule has 0 bridgehead atoms. The maximum Gasteiger partial charge on any atom is 0.315 e. The fourth-order valence-electron chi connectivity index (χ4n) is 2.53. The predicted octanol–water partition coefficient (Wildman–Crippen LogP) is 1.60. The van der Waals surface area contributed by atoms with Crippen LogP contribution in [0.3, 0.4) is 0 Å². The van der Waals surface area contributed by atoms with E-state index in [2.05, 4.69) is 10.6 Å². The normalized spacial score (nSPS) is 23.6. The molecule has 0 aliphatic carbocycles. The number of nitrogens with one attached hydrogen (secondary N) is 2. The number of rotatable bonds is 7. The molecular weight excluding hydrogens is 260 g/mol. The summed E-state index contributed by atoms with van der Waals surface area (Å²) in [6.45, 7) is 7.09. The van der Waals surface area contributed by atoms with Gasteiger partial charge in [-0.25, -0.2) is 4.79 Å². The fraction of sp³-hybridized carbons (Fsp3) is 0.857. The third kappa shape index (κ3) is 6.23. The molecule has 0 spiro atoms. The molecule has 6 heteroatoms. The second-order valence-electron chi connectivity index (χ2n) is 5.92. The van der Waals surface area contributed by atoms with Crippen LogP contribution in [0.25, 0.3) is 0 Å². The van der Waals surface area contributed by atoms with E-state index >= 15 is 0 Å². The van der Waals surface area contributed by atoms with Crippen molar-refractivity contribution in [3.63, 3.8) is 0 Å². The Kier molecular flexibility index (Phi) is 6.78. The van der Waals surface area contributed by atoms with Gasteiger partial charge in [0.25, 0.3) is 0 Å². The standard InChI is InChI=1S/C14H26N2O4/c1-9(2)6-11(7-13(17)18)8-15-14(19)16-12-4-5-20-10(12)3/h9-12H,4-8H2,1-3H3,(H,17,18)(H2,15,16,19). The number of amides is 2. The van der Waals surface area contributed by atoms with Gasteiger partial charge in [-0.05, 0) is 31.6 Å². The van der Waals surface area contributed by atoms with E-state index in [9.17, 15) is 9.59 Å². The number of carboxylic acid groups (broad SMARTS) is 1. The Bertz CT molecular complexity index is 333. The summed E-state index contributed by atoms with van der Waals surface area (Å²) in [6.07, 6.45) is 1.72. The van der Waals surface area contributed by atoms with Crippen molar-refractivity contribution in [3.8, 4) is 0 Å². The molecule has 3 unspecified atom stereocenters. The smallest absolute Gasteiger partial charge is 0.315 e. The maximum absolute atomic E-state index is 11.8. The number of hydrogen-bond donors (Lipinski definition) is 3. The molecule has 3 atom stereocenters. The van der Waals surface area contributed by atoms with Gasteiger partial charge in [0.15, 0.2) is 0 Å². The highest BCUT2D eigenvalue weighted by atomic mass is 16.5. The summed E-state index contributed by atoms with van der Waals surface area (Å²) < 4.78 is 5.38. The van der Waals surface area contributed by atoms with Gasteiger partial charge in [-0.1, -0.05) is 13.8 Å². The predicted molar refractivity (Wildman–Crippen MR) is 75.6 cm³/mol. The number of carbonyl (C=O) groups is 2. The van der Waals surface area contributed by atoms with Crippen LogP contribution >= 0.6 is 0 Å². The zero-order valence-corrected chi connectivity index (χ0v) is 12.5. The van der Waals surface area contributed by atoms with Gasteiger partial charge >= 0.3 is 12.0 Å². The van der Waals surface area contributed by atoms with E-state index in [-0.39, 0.29) is 30.5 Å². The van der Waals surface area contributed by atoms with E-state index in [4.69, 9.17) is 9.84 Å². The number of carboxylic acids is 1. The van der Waals surface area contributed by atoms with Crippen molar-refractivity contribution in [2.24, 2.45) is 11.8 Å². The third-order valence-corrected chi connectivity index (χ3v) is 3.51. The van der Waals surface area contributed by atoms with Crippen molar-refractivity contribution in [2.75, 3.05) is 13.2 Å². The van der Waals surface area contributed by atoms with Crippen molar-refractivity contribution < 1.29 is 19.4 Å². The molecule has 1 saturated heterocycles. The first-order valence-electron chi connectivity index (χ1n) is 7.26. The number of aliphatic carboxylic acids is 1. The Labute approximate surface area is 120 Å². The van der Waals surface area contributed by atoms with E-state index in [0.717, 1.165) is 12.8 Å². The van der Waals surface area contributed by atoms with Gasteiger partial charge < -0.3 is 20.5 Å². The summed E-state index contributed by atoms with van der Waals surface area (Å²) in [7, 11) is 0. The van der Waals surface area contributed by atoms with E-state index < -0.39 is 5.97 Å². The lowest BCUT2D eigenvalue weighted by Gasteiger charge is -2.20. The molecule has 116 valence electrons. The second-order valence-corrected chi connectivity index (χ2v) is 5.92. The van der Waals surface area contributed by atoms with Crippen molar-refractivity contribution >= 4 is 12.0 Å². The molecule has 1 aliphatic heterocycles. The van der Waals surface area contributed by atoms with Crippen molar-refractivity contribution in [3.05, 3.63) is 0 Å². The molecule has 1 heterocycles. The van der Waals surface area contributed by atoms with Crippen molar-refractivity contribution in [1.82, 2.24) is 10.6 Å². The zero-order chi connectivity index (χ0) is 15.1. The first-order chi connectivity index (χ1) is 9.38. The van der Waals surface area contributed by atoms with Crippen LogP contribution in [0, 0.1) is 11.8 Å². The van der Waals surface area contributed by atoms with Gasteiger partial charge in [0, 0.05) is 19.6 Å². The Morgan fingerprint density at radius 1 is 1.40 bits per heavy atom. The molecule has 1 aliphatic rings. The van der Waals surface area contributed by atoms with Crippen LogP contribution in [-0.2, 0) is 9.53 Å². The first kappa shape index (κ1) is 16.8. The molecule has 1 rings (SSSR count). The second kappa shape index (κ2) is 8.09. The van der Waals surface area contributed by atoms with Crippen LogP contribution < -0.4 is 10.6 Å². The maximum atomic E-state index is 11.8. The molecule has 0 aromatic heterocycles. The van der Waals surface area contributed by atoms with Crippen LogP contribution in [0.2, 0.25) is 0 Å². The van der Waals surface area contributed by atoms with Crippen LogP contribution in [-0.4, -0.2) is 42.4 Å². The van der Waals surface area contributed by atoms with E-state index in [1.54, 1.807) is 0 Å². The molecule has 2 amide bonds. The Hall–Kier alpha value is -1.30. The van der Waals surface area contributed by atoms with Crippen LogP contribution in [0.4, 0.5) is 4.79 Å². The molecule has 0 aromatic rings. The first-order valence-corrected chi connectivity index (χ1v) is 7.26. The Morgan fingerprint density at radius 3 is 2.60 bits per heavy atom. The van der Waals surface area contributed by atoms with Gasteiger partial charge in [0.1, 0.15) is 0 Å². The summed E-state index contributed by atoms with van der Waals surface area (Å²) in [5.74, 6) is -0.446. The van der Waals surface area contributed by atoms with Gasteiger partial charge in [-0.15, -0.1) is 0 Å². The lowest BCUT2D eigenvalue weighted by atomic mass is 9.94. The summed E-state index contributed by atoms with van der Waals surface area (Å²) in [4.78, 5) is 22.6. The molecule has 0 radical (unpaired) electrons. The number of hydrogen-bond acceptors (Lipinski definition) is 3. The van der Waals surface area contributed by atoms with Crippen LogP contribution in [0.1, 0.15) is 40.0 Å². The van der Waals surface area contributed by atoms with E-state index in [1.807, 2.05) is 20.8 Å². The summed E-state index contributed by atoms with van der Waals surface area (Å²) in [6, 6.07) is -0.204. The van der Waals surface area contributed by atoms with Gasteiger partial charge in [-0.2, -0.15) is 0 Å². The highest BCUT2D eigenvalue weighted by Gasteiger charge is 2.25. The van der Waals surface area contributed by atoms with Gasteiger partial charge in [0.05, 0.1) is 12.1 Å². The van der Waals surface area contributed by atoms with Crippen molar-refractivity contribution in [2.45, 2.75) is 52.2 Å². The minimum atomic E-state index is -0.823. The quantitative estimate of drug-likeness (QED) is 0.663. The number of carbonyl (C=O) groups excluding carboxylic acids is 1. The molecule has 1 fully saturated rings. The molecule has 6 nitrogen and oxygen atoms in total. The summed E-state index contributed by atoms with van der Waals surface area (Å²) >= 11 is 0. The van der Waals surface area contributed by atoms with Crippen molar-refractivity contribution in [1.29, 1.82) is 0 Å². The SMILES string of the molecule is CC(C)CC(CNC(=O)NC1CCOC1C)CC(=O)O. The number of ether oxygens (including phenoxy) is 1. The molecular formula is C14H26N2O4. The third-order valence-electron chi connectivity index (χ3n) is 3.51. The van der Waals surface area contributed by atoms with Crippen LogP contribution in [0.15, 0.2) is 0 Å². The molecule has 20 heavy (non-hydrogen) atoms. The average Bonchev–Trinajstić information content (AvgIpc) is 2.70. The molecule has 3 N–H and O–H groups in total. The molecule has 0 saturated carbocycles. The Balaban J connectivity index is 2.33. The monoisotopic (exact) mass is 286 g/mol. The highest BCUT2D eigenvalue weighted by molar-refractivity contribution is 5.74. The zero-order valence-electron chi connectivity index (χ0n) is 12.5. The largest absolute Gasteiger partial charge is 0.481 e. The minimum Gasteiger partial charge on any atom is -0.481 e. The molecule has 0 aromatic carbocycles. The lowest BCUT2D eigenvalue weighted by Crippen LogP contribution is -2.46. The topological polar surface area (TPSA) is 87.7 Å². The van der Waals surface area contributed by atoms with E-state index in [0.29, 0.717) is 19.1 Å². The number of urea groups is 1. The average molecular weight is 286 g/mol. The van der Waals surface area contributed by atoms with Crippen LogP contribution in [0.5, 0.6) is 0 Å². The van der Waals surface area contributed by atoms with Gasteiger partial charge in [-0.3, -0.25) is 4.79 Å². The van der Waals surface area contributed by atoms with Gasteiger partial charge in [0.2, 0.25) is 0 Å². The summed E-state index contributed by atoms with van der Waals surface area (Å²) in [5.41, 5.74) is 0. The Morgan fingerprint density at radius 2 is 2.10 bits per heavy atom. The van der Waals surface area contributed by atoms with E-state index in [1.165, 1.54) is 0 Å². The lowest BCUT2D eigenvalue weighted by molar-refractivity contribution is -0.138. The summed E-state index contributed by atoms with van der Waals surface area (Å²) in [5, 5.41) is 14.5.